The van der Waals surface area contributed by atoms with Gasteiger partial charge in [0.25, 0.3) is 0 Å². The van der Waals surface area contributed by atoms with Gasteiger partial charge < -0.3 is 10.1 Å². The fourth-order valence-electron chi connectivity index (χ4n) is 2.33. The first-order valence-corrected chi connectivity index (χ1v) is 7.69. The molecule has 2 aromatic rings. The molecule has 2 rings (SSSR count). The largest absolute Gasteiger partial charge is 0.487 e. The summed E-state index contributed by atoms with van der Waals surface area (Å²) in [5.74, 6) is 0.947. The van der Waals surface area contributed by atoms with Gasteiger partial charge in [-0.15, -0.1) is 0 Å². The van der Waals surface area contributed by atoms with Gasteiger partial charge in [0, 0.05) is 18.7 Å². The average Bonchev–Trinajstić information content (AvgIpc) is 2.86. The SMILES string of the molecule is CCCNCc1ccccc1OCc1cc(C)nn1CC. The second-order valence-corrected chi connectivity index (χ2v) is 5.17. The number of aryl methyl sites for hydroxylation is 2. The van der Waals surface area contributed by atoms with Gasteiger partial charge in [-0.3, -0.25) is 4.68 Å². The number of rotatable bonds is 8. The number of hydrogen-bond acceptors (Lipinski definition) is 3. The molecule has 0 bridgehead atoms. The maximum Gasteiger partial charge on any atom is 0.130 e. The summed E-state index contributed by atoms with van der Waals surface area (Å²) in [6, 6.07) is 10.3. The molecular formula is C17H25N3O. The molecule has 1 heterocycles. The number of benzene rings is 1. The molecule has 0 saturated heterocycles. The maximum atomic E-state index is 6.01. The van der Waals surface area contributed by atoms with Crippen molar-refractivity contribution in [3.63, 3.8) is 0 Å². The summed E-state index contributed by atoms with van der Waals surface area (Å²) in [5.41, 5.74) is 3.35. The van der Waals surface area contributed by atoms with Crippen molar-refractivity contribution in [1.82, 2.24) is 15.1 Å². The molecule has 0 unspecified atom stereocenters. The number of nitrogens with zero attached hydrogens (tertiary/aromatic N) is 2. The van der Waals surface area contributed by atoms with Gasteiger partial charge in [-0.25, -0.2) is 0 Å². The average molecular weight is 287 g/mol. The van der Waals surface area contributed by atoms with E-state index < -0.39 is 0 Å². The van der Waals surface area contributed by atoms with E-state index in [1.54, 1.807) is 0 Å². The Balaban J connectivity index is 2.02. The van der Waals surface area contributed by atoms with E-state index in [0.29, 0.717) is 6.61 Å². The Morgan fingerprint density at radius 2 is 2.05 bits per heavy atom. The molecule has 114 valence electrons. The highest BCUT2D eigenvalue weighted by atomic mass is 16.5. The molecule has 4 nitrogen and oxygen atoms in total. The summed E-state index contributed by atoms with van der Waals surface area (Å²) in [6.07, 6.45) is 1.14. The normalized spacial score (nSPS) is 10.8. The molecule has 21 heavy (non-hydrogen) atoms. The van der Waals surface area contributed by atoms with Gasteiger partial charge in [-0.05, 0) is 38.9 Å². The van der Waals surface area contributed by atoms with Gasteiger partial charge in [0.05, 0.1) is 11.4 Å². The fourth-order valence-corrected chi connectivity index (χ4v) is 2.33. The number of ether oxygens (including phenoxy) is 1. The minimum atomic E-state index is 0.555. The van der Waals surface area contributed by atoms with Crippen LogP contribution in [-0.4, -0.2) is 16.3 Å². The highest BCUT2D eigenvalue weighted by Gasteiger charge is 2.07. The zero-order chi connectivity index (χ0) is 15.1. The third-order valence-corrected chi connectivity index (χ3v) is 3.38. The van der Waals surface area contributed by atoms with Crippen molar-refractivity contribution in [1.29, 1.82) is 0 Å². The number of para-hydroxylation sites is 1. The van der Waals surface area contributed by atoms with Crippen LogP contribution in [0.25, 0.3) is 0 Å². The third-order valence-electron chi connectivity index (χ3n) is 3.38. The van der Waals surface area contributed by atoms with Crippen molar-refractivity contribution in [2.45, 2.75) is 46.9 Å². The van der Waals surface area contributed by atoms with Crippen LogP contribution in [0.15, 0.2) is 30.3 Å². The monoisotopic (exact) mass is 287 g/mol. The van der Waals surface area contributed by atoms with Crippen LogP contribution in [0.4, 0.5) is 0 Å². The number of hydrogen-bond donors (Lipinski definition) is 1. The topological polar surface area (TPSA) is 39.1 Å². The first kappa shape index (κ1) is 15.6. The van der Waals surface area contributed by atoms with Gasteiger partial charge in [-0.1, -0.05) is 25.1 Å². The van der Waals surface area contributed by atoms with Crippen LogP contribution in [0.3, 0.4) is 0 Å². The molecule has 0 aliphatic carbocycles. The van der Waals surface area contributed by atoms with Crippen LogP contribution in [0.1, 0.15) is 37.2 Å². The van der Waals surface area contributed by atoms with Gasteiger partial charge in [0.2, 0.25) is 0 Å². The lowest BCUT2D eigenvalue weighted by atomic mass is 10.2. The maximum absolute atomic E-state index is 6.01. The summed E-state index contributed by atoms with van der Waals surface area (Å²) in [5, 5.41) is 7.87. The first-order chi connectivity index (χ1) is 10.2. The summed E-state index contributed by atoms with van der Waals surface area (Å²) in [4.78, 5) is 0. The van der Waals surface area contributed by atoms with Gasteiger partial charge in [0.1, 0.15) is 12.4 Å². The number of nitrogens with one attached hydrogen (secondary N) is 1. The minimum Gasteiger partial charge on any atom is -0.487 e. The zero-order valence-corrected chi connectivity index (χ0v) is 13.2. The Morgan fingerprint density at radius 3 is 2.81 bits per heavy atom. The van der Waals surface area contributed by atoms with Crippen molar-refractivity contribution >= 4 is 0 Å². The summed E-state index contributed by atoms with van der Waals surface area (Å²) < 4.78 is 8.00. The van der Waals surface area contributed by atoms with Crippen LogP contribution in [0.5, 0.6) is 5.75 Å². The second-order valence-electron chi connectivity index (χ2n) is 5.17. The van der Waals surface area contributed by atoms with Crippen LogP contribution < -0.4 is 10.1 Å². The molecule has 0 spiro atoms. The highest BCUT2D eigenvalue weighted by Crippen LogP contribution is 2.19. The van der Waals surface area contributed by atoms with Crippen LogP contribution >= 0.6 is 0 Å². The van der Waals surface area contributed by atoms with Crippen LogP contribution in [-0.2, 0) is 19.7 Å². The van der Waals surface area contributed by atoms with Crippen LogP contribution in [0.2, 0.25) is 0 Å². The predicted molar refractivity (Wildman–Crippen MR) is 85.4 cm³/mol. The molecule has 1 aromatic heterocycles. The van der Waals surface area contributed by atoms with Gasteiger partial charge >= 0.3 is 0 Å². The highest BCUT2D eigenvalue weighted by molar-refractivity contribution is 5.33. The lowest BCUT2D eigenvalue weighted by Gasteiger charge is -2.12. The van der Waals surface area contributed by atoms with E-state index in [-0.39, 0.29) is 0 Å². The summed E-state index contributed by atoms with van der Waals surface area (Å²) in [7, 11) is 0. The van der Waals surface area contributed by atoms with Crippen molar-refractivity contribution in [3.05, 3.63) is 47.3 Å². The zero-order valence-electron chi connectivity index (χ0n) is 13.2. The van der Waals surface area contributed by atoms with E-state index in [1.807, 2.05) is 23.7 Å². The first-order valence-electron chi connectivity index (χ1n) is 7.69. The third kappa shape index (κ3) is 4.33. The molecule has 0 amide bonds. The van der Waals surface area contributed by atoms with E-state index in [2.05, 4.69) is 42.5 Å². The fraction of sp³-hybridized carbons (Fsp3) is 0.471. The molecule has 4 heteroatoms. The van der Waals surface area contributed by atoms with E-state index in [9.17, 15) is 0 Å². The van der Waals surface area contributed by atoms with Crippen molar-refractivity contribution < 1.29 is 4.74 Å². The van der Waals surface area contributed by atoms with E-state index in [1.165, 1.54) is 5.56 Å². The van der Waals surface area contributed by atoms with Crippen LogP contribution in [0, 0.1) is 6.92 Å². The molecule has 0 saturated carbocycles. The molecule has 1 aromatic carbocycles. The Bertz CT molecular complexity index is 563. The van der Waals surface area contributed by atoms with Crippen molar-refractivity contribution in [2.75, 3.05) is 6.54 Å². The summed E-state index contributed by atoms with van der Waals surface area (Å²) in [6.45, 7) is 9.57. The second kappa shape index (κ2) is 7.84. The number of aromatic nitrogens is 2. The standard InChI is InChI=1S/C17H25N3O/c1-4-10-18-12-15-8-6-7-9-17(15)21-13-16-11-14(3)19-20(16)5-2/h6-9,11,18H,4-5,10,12-13H2,1-3H3. The Morgan fingerprint density at radius 1 is 1.24 bits per heavy atom. The van der Waals surface area contributed by atoms with Gasteiger partial charge in [0.15, 0.2) is 0 Å². The van der Waals surface area contributed by atoms with Gasteiger partial charge in [-0.2, -0.15) is 5.10 Å². The molecule has 0 aliphatic rings. The molecule has 1 N–H and O–H groups in total. The molecule has 0 fully saturated rings. The Hall–Kier alpha value is -1.81. The summed E-state index contributed by atoms with van der Waals surface area (Å²) >= 11 is 0. The molecule has 0 aliphatic heterocycles. The van der Waals surface area contributed by atoms with E-state index >= 15 is 0 Å². The lowest BCUT2D eigenvalue weighted by molar-refractivity contribution is 0.289. The van der Waals surface area contributed by atoms with Crippen molar-refractivity contribution in [2.24, 2.45) is 0 Å². The molecule has 0 radical (unpaired) electrons. The Labute approximate surface area is 127 Å². The smallest absolute Gasteiger partial charge is 0.130 e. The molecular weight excluding hydrogens is 262 g/mol. The van der Waals surface area contributed by atoms with E-state index in [0.717, 1.165) is 43.2 Å². The van der Waals surface area contributed by atoms with E-state index in [4.69, 9.17) is 4.74 Å². The predicted octanol–water partition coefficient (Wildman–Crippen LogP) is 3.29. The quantitative estimate of drug-likeness (QED) is 0.757. The van der Waals surface area contributed by atoms with Crippen molar-refractivity contribution in [3.8, 4) is 5.75 Å². The molecule has 0 atom stereocenters. The minimum absolute atomic E-state index is 0.555. The Kier molecular flexibility index (Phi) is 5.81. The lowest BCUT2D eigenvalue weighted by Crippen LogP contribution is -2.15.